The molecular weight excluding hydrogens is 476 g/mol. The van der Waals surface area contributed by atoms with Gasteiger partial charge in [-0.15, -0.1) is 34.0 Å². The van der Waals surface area contributed by atoms with E-state index in [-0.39, 0.29) is 5.91 Å². The van der Waals surface area contributed by atoms with Gasteiger partial charge >= 0.3 is 0 Å². The fourth-order valence-corrected chi connectivity index (χ4v) is 6.09. The second kappa shape index (κ2) is 9.38. The molecule has 0 saturated carbocycles. The maximum Gasteiger partial charge on any atom is 0.280 e. The van der Waals surface area contributed by atoms with Crippen LogP contribution in [0.4, 0.5) is 0 Å². The normalized spacial score (nSPS) is 10.9. The summed E-state index contributed by atoms with van der Waals surface area (Å²) in [5, 5.41) is 8.14. The Morgan fingerprint density at radius 1 is 0.906 bits per heavy atom. The van der Waals surface area contributed by atoms with E-state index < -0.39 is 0 Å². The first-order chi connectivity index (χ1) is 15.7. The zero-order valence-electron chi connectivity index (χ0n) is 16.7. The summed E-state index contributed by atoms with van der Waals surface area (Å²) in [5.74, 6) is -0.158. The van der Waals surface area contributed by atoms with Crippen molar-refractivity contribution < 1.29 is 4.79 Å². The Kier molecular flexibility index (Phi) is 6.19. The van der Waals surface area contributed by atoms with E-state index in [0.29, 0.717) is 16.6 Å². The molecule has 158 valence electrons. The van der Waals surface area contributed by atoms with E-state index in [1.807, 2.05) is 53.9 Å². The van der Waals surface area contributed by atoms with Gasteiger partial charge in [0.1, 0.15) is 0 Å². The first-order valence-corrected chi connectivity index (χ1v) is 12.8. The molecule has 3 heterocycles. The molecule has 5 aromatic rings. The van der Waals surface area contributed by atoms with Gasteiger partial charge < -0.3 is 5.32 Å². The Hall–Kier alpha value is -2.77. The molecule has 0 bridgehead atoms. The van der Waals surface area contributed by atoms with E-state index in [9.17, 15) is 4.79 Å². The first-order valence-electron chi connectivity index (χ1n) is 9.89. The molecule has 1 amide bonds. The molecule has 7 heteroatoms. The largest absolute Gasteiger partial charge is 0.345 e. The van der Waals surface area contributed by atoms with Crippen LogP contribution in [0, 0.1) is 0 Å². The summed E-state index contributed by atoms with van der Waals surface area (Å²) in [6.07, 6.45) is 0. The van der Waals surface area contributed by atoms with Crippen LogP contribution in [0.2, 0.25) is 5.02 Å². The lowest BCUT2D eigenvalue weighted by Gasteiger charge is -2.06. The van der Waals surface area contributed by atoms with Crippen molar-refractivity contribution in [1.29, 1.82) is 0 Å². The fraction of sp³-hybridized carbons (Fsp3) is 0.0400. The number of benzene rings is 2. The van der Waals surface area contributed by atoms with Gasteiger partial charge in [-0.2, -0.15) is 0 Å². The summed E-state index contributed by atoms with van der Waals surface area (Å²) in [6.45, 7) is 0.492. The second-order valence-electron chi connectivity index (χ2n) is 7.02. The number of nitrogens with zero attached hydrogens (tertiary/aromatic N) is 1. The Labute approximate surface area is 203 Å². The smallest absolute Gasteiger partial charge is 0.280 e. The molecule has 2 aromatic carbocycles. The van der Waals surface area contributed by atoms with E-state index >= 15 is 0 Å². The van der Waals surface area contributed by atoms with Gasteiger partial charge in [0.2, 0.25) is 0 Å². The van der Waals surface area contributed by atoms with Gasteiger partial charge in [-0.1, -0.05) is 54.1 Å². The molecule has 0 fully saturated rings. The Morgan fingerprint density at radius 3 is 2.62 bits per heavy atom. The average molecular weight is 493 g/mol. The number of halogens is 1. The van der Waals surface area contributed by atoms with Crippen molar-refractivity contribution in [3.8, 4) is 32.1 Å². The summed E-state index contributed by atoms with van der Waals surface area (Å²) < 4.78 is 0. The molecule has 32 heavy (non-hydrogen) atoms. The topological polar surface area (TPSA) is 42.0 Å². The van der Waals surface area contributed by atoms with Crippen LogP contribution in [-0.4, -0.2) is 10.9 Å². The van der Waals surface area contributed by atoms with Gasteiger partial charge in [0.25, 0.3) is 5.91 Å². The number of rotatable bonds is 6. The Morgan fingerprint density at radius 2 is 1.78 bits per heavy atom. The highest BCUT2D eigenvalue weighted by Gasteiger charge is 2.14. The number of aromatic nitrogens is 1. The van der Waals surface area contributed by atoms with Crippen LogP contribution in [-0.2, 0) is 6.54 Å². The van der Waals surface area contributed by atoms with Gasteiger partial charge in [-0.3, -0.25) is 4.79 Å². The number of thiophene rings is 2. The zero-order valence-corrected chi connectivity index (χ0v) is 20.0. The molecular formula is C25H17ClN2OS3. The minimum absolute atomic E-state index is 0.158. The Bertz CT molecular complexity index is 1370. The van der Waals surface area contributed by atoms with E-state index in [4.69, 9.17) is 11.6 Å². The predicted octanol–water partition coefficient (Wildman–Crippen LogP) is 7.85. The summed E-state index contributed by atoms with van der Waals surface area (Å²) >= 11 is 11.1. The minimum atomic E-state index is -0.158. The molecule has 3 aromatic heterocycles. The monoisotopic (exact) mass is 492 g/mol. The first kappa shape index (κ1) is 21.1. The third-order valence-electron chi connectivity index (χ3n) is 4.89. The van der Waals surface area contributed by atoms with E-state index in [2.05, 4.69) is 39.9 Å². The molecule has 0 atom stereocenters. The molecule has 5 rings (SSSR count). The van der Waals surface area contributed by atoms with Crippen LogP contribution in [0.5, 0.6) is 0 Å². The molecule has 0 aliphatic rings. The molecule has 3 nitrogen and oxygen atoms in total. The standard InChI is InChI=1S/C25H17ClN2OS3/c26-20-8-2-1-7-19(20)16-5-3-6-17(13-16)21-15-31-25(28-21)24(29)27-14-18-10-11-23(32-18)22-9-4-12-30-22/h1-13,15H,14H2,(H,27,29). The Balaban J connectivity index is 1.28. The van der Waals surface area contributed by atoms with Crippen LogP contribution in [0.3, 0.4) is 0 Å². The number of carbonyl (C=O) groups is 1. The lowest BCUT2D eigenvalue weighted by Crippen LogP contribution is -2.22. The van der Waals surface area contributed by atoms with Crippen LogP contribution < -0.4 is 5.32 Å². The maximum absolute atomic E-state index is 12.7. The van der Waals surface area contributed by atoms with Gasteiger partial charge in [0, 0.05) is 36.2 Å². The SMILES string of the molecule is O=C(NCc1ccc(-c2cccs2)s1)c1nc(-c2cccc(-c3ccccc3Cl)c2)cs1. The highest BCUT2D eigenvalue weighted by molar-refractivity contribution is 7.21. The highest BCUT2D eigenvalue weighted by atomic mass is 35.5. The molecule has 0 spiro atoms. The number of hydrogen-bond donors (Lipinski definition) is 1. The van der Waals surface area contributed by atoms with Crippen molar-refractivity contribution in [2.75, 3.05) is 0 Å². The van der Waals surface area contributed by atoms with Crippen molar-refractivity contribution in [3.63, 3.8) is 0 Å². The number of nitrogens with one attached hydrogen (secondary N) is 1. The van der Waals surface area contributed by atoms with Gasteiger partial charge in [0.15, 0.2) is 5.01 Å². The molecule has 0 aliphatic carbocycles. The summed E-state index contributed by atoms with van der Waals surface area (Å²) in [7, 11) is 0. The molecule has 1 N–H and O–H groups in total. The van der Waals surface area contributed by atoms with E-state index in [0.717, 1.165) is 27.3 Å². The maximum atomic E-state index is 12.7. The van der Waals surface area contributed by atoms with Crippen molar-refractivity contribution >= 4 is 51.5 Å². The molecule has 0 aliphatic heterocycles. The number of amides is 1. The van der Waals surface area contributed by atoms with E-state index in [1.54, 1.807) is 22.7 Å². The third kappa shape index (κ3) is 4.54. The van der Waals surface area contributed by atoms with Crippen LogP contribution in [0.25, 0.3) is 32.1 Å². The highest BCUT2D eigenvalue weighted by Crippen LogP contribution is 2.32. The minimum Gasteiger partial charge on any atom is -0.345 e. The van der Waals surface area contributed by atoms with Crippen LogP contribution in [0.15, 0.2) is 83.6 Å². The van der Waals surface area contributed by atoms with Crippen molar-refractivity contribution in [1.82, 2.24) is 10.3 Å². The molecule has 0 radical (unpaired) electrons. The van der Waals surface area contributed by atoms with E-state index in [1.165, 1.54) is 21.1 Å². The predicted molar refractivity (Wildman–Crippen MR) is 137 cm³/mol. The van der Waals surface area contributed by atoms with Crippen molar-refractivity contribution in [2.24, 2.45) is 0 Å². The van der Waals surface area contributed by atoms with Gasteiger partial charge in [-0.25, -0.2) is 4.98 Å². The van der Waals surface area contributed by atoms with Gasteiger partial charge in [-0.05, 0) is 41.3 Å². The lowest BCUT2D eigenvalue weighted by molar-refractivity contribution is 0.0951. The molecule has 0 saturated heterocycles. The second-order valence-corrected chi connectivity index (χ2v) is 10.4. The van der Waals surface area contributed by atoms with Crippen LogP contribution in [0.1, 0.15) is 14.7 Å². The summed E-state index contributed by atoms with van der Waals surface area (Å²) in [5.41, 5.74) is 3.73. The summed E-state index contributed by atoms with van der Waals surface area (Å²) in [6, 6.07) is 24.1. The van der Waals surface area contributed by atoms with Crippen LogP contribution >= 0.6 is 45.6 Å². The van der Waals surface area contributed by atoms with Crippen molar-refractivity contribution in [3.05, 3.63) is 98.5 Å². The molecule has 0 unspecified atom stereocenters. The average Bonchev–Trinajstić information content (AvgIpc) is 3.59. The van der Waals surface area contributed by atoms with Crippen molar-refractivity contribution in [2.45, 2.75) is 6.54 Å². The number of thiazole rings is 1. The third-order valence-corrected chi connectivity index (χ3v) is 8.21. The number of carbonyl (C=O) groups excluding carboxylic acids is 1. The zero-order chi connectivity index (χ0) is 21.9. The summed E-state index contributed by atoms with van der Waals surface area (Å²) in [4.78, 5) is 20.8. The quantitative estimate of drug-likeness (QED) is 0.262. The fourth-order valence-electron chi connectivity index (χ4n) is 3.32. The number of hydrogen-bond acceptors (Lipinski definition) is 5. The van der Waals surface area contributed by atoms with Gasteiger partial charge in [0.05, 0.1) is 12.2 Å². The lowest BCUT2D eigenvalue weighted by atomic mass is 10.0.